The lowest BCUT2D eigenvalue weighted by molar-refractivity contribution is -0.147. The molecule has 0 radical (unpaired) electrons. The molecule has 90 valence electrons. The largest absolute Gasteiger partial charge is 0.469 e. The van der Waals surface area contributed by atoms with Crippen molar-refractivity contribution in [2.45, 2.75) is 58.5 Å². The number of carbonyl (C=O) groups is 1. The molecule has 0 saturated carbocycles. The first-order chi connectivity index (χ1) is 7.13. The summed E-state index contributed by atoms with van der Waals surface area (Å²) in [5, 5.41) is 0. The van der Waals surface area contributed by atoms with Gasteiger partial charge in [0.05, 0.1) is 13.0 Å². The predicted molar refractivity (Wildman–Crippen MR) is 59.5 cm³/mol. The van der Waals surface area contributed by atoms with Crippen molar-refractivity contribution in [3.63, 3.8) is 0 Å². The van der Waals surface area contributed by atoms with Gasteiger partial charge >= 0.3 is 5.97 Å². The standard InChI is InChI=1S/C12H23FO2/c1-4-5-6-7-8-9-11(13)10(2)12(14)15-3/h10-11H,4-9H2,1-3H3. The van der Waals surface area contributed by atoms with Crippen molar-refractivity contribution in [2.75, 3.05) is 7.11 Å². The number of methoxy groups -OCH3 is 1. The second-order valence-corrected chi connectivity index (χ2v) is 4.03. The number of rotatable bonds is 8. The second kappa shape index (κ2) is 8.69. The number of hydrogen-bond donors (Lipinski definition) is 0. The van der Waals surface area contributed by atoms with Crippen LogP contribution in [0.2, 0.25) is 0 Å². The van der Waals surface area contributed by atoms with Crippen molar-refractivity contribution in [3.05, 3.63) is 0 Å². The Morgan fingerprint density at radius 2 is 1.87 bits per heavy atom. The number of carbonyl (C=O) groups excluding carboxylic acids is 1. The van der Waals surface area contributed by atoms with Gasteiger partial charge in [-0.15, -0.1) is 0 Å². The van der Waals surface area contributed by atoms with Gasteiger partial charge in [-0.2, -0.15) is 0 Å². The molecule has 0 rings (SSSR count). The molecule has 0 spiro atoms. The summed E-state index contributed by atoms with van der Waals surface area (Å²) in [7, 11) is 1.30. The molecule has 15 heavy (non-hydrogen) atoms. The highest BCUT2D eigenvalue weighted by atomic mass is 19.1. The zero-order valence-corrected chi connectivity index (χ0v) is 10.1. The monoisotopic (exact) mass is 218 g/mol. The van der Waals surface area contributed by atoms with E-state index in [1.54, 1.807) is 6.92 Å². The average Bonchev–Trinajstić information content (AvgIpc) is 2.26. The van der Waals surface area contributed by atoms with E-state index in [-0.39, 0.29) is 0 Å². The topological polar surface area (TPSA) is 26.3 Å². The molecular formula is C12H23FO2. The van der Waals surface area contributed by atoms with Crippen molar-refractivity contribution in [1.82, 2.24) is 0 Å². The third-order valence-electron chi connectivity index (χ3n) is 2.70. The quantitative estimate of drug-likeness (QED) is 0.460. The number of alkyl halides is 1. The van der Waals surface area contributed by atoms with Crippen molar-refractivity contribution in [2.24, 2.45) is 5.92 Å². The van der Waals surface area contributed by atoms with Crippen LogP contribution < -0.4 is 0 Å². The van der Waals surface area contributed by atoms with E-state index < -0.39 is 18.1 Å². The first-order valence-corrected chi connectivity index (χ1v) is 5.85. The second-order valence-electron chi connectivity index (χ2n) is 4.03. The van der Waals surface area contributed by atoms with Gasteiger partial charge in [0.1, 0.15) is 6.17 Å². The summed E-state index contributed by atoms with van der Waals surface area (Å²) in [4.78, 5) is 11.0. The minimum absolute atomic E-state index is 0.448. The first-order valence-electron chi connectivity index (χ1n) is 5.85. The van der Waals surface area contributed by atoms with Gasteiger partial charge in [0, 0.05) is 0 Å². The fourth-order valence-corrected chi connectivity index (χ4v) is 1.53. The fourth-order valence-electron chi connectivity index (χ4n) is 1.53. The molecule has 0 aliphatic rings. The van der Waals surface area contributed by atoms with Crippen LogP contribution in [0, 0.1) is 5.92 Å². The van der Waals surface area contributed by atoms with Gasteiger partial charge in [-0.25, -0.2) is 4.39 Å². The van der Waals surface area contributed by atoms with Crippen LogP contribution >= 0.6 is 0 Å². The summed E-state index contributed by atoms with van der Waals surface area (Å²) in [6.45, 7) is 3.74. The van der Waals surface area contributed by atoms with Crippen LogP contribution in [0.15, 0.2) is 0 Å². The van der Waals surface area contributed by atoms with Gasteiger partial charge in [0.2, 0.25) is 0 Å². The SMILES string of the molecule is CCCCCCCC(F)C(C)C(=O)OC. The van der Waals surface area contributed by atoms with Crippen molar-refractivity contribution in [3.8, 4) is 0 Å². The average molecular weight is 218 g/mol. The maximum absolute atomic E-state index is 13.4. The summed E-state index contributed by atoms with van der Waals surface area (Å²) >= 11 is 0. The van der Waals surface area contributed by atoms with Gasteiger partial charge in [-0.1, -0.05) is 39.0 Å². The van der Waals surface area contributed by atoms with Crippen LogP contribution in [0.4, 0.5) is 4.39 Å². The Morgan fingerprint density at radius 1 is 1.27 bits per heavy atom. The molecule has 0 heterocycles. The lowest BCUT2D eigenvalue weighted by Gasteiger charge is -2.13. The van der Waals surface area contributed by atoms with Gasteiger partial charge in [0.15, 0.2) is 0 Å². The van der Waals surface area contributed by atoms with Crippen LogP contribution in [-0.2, 0) is 9.53 Å². The van der Waals surface area contributed by atoms with Crippen LogP contribution in [-0.4, -0.2) is 19.3 Å². The molecule has 0 aromatic rings. The van der Waals surface area contributed by atoms with Crippen molar-refractivity contribution < 1.29 is 13.9 Å². The number of ether oxygens (including phenoxy) is 1. The van der Waals surface area contributed by atoms with E-state index in [0.29, 0.717) is 6.42 Å². The normalized spacial score (nSPS) is 14.7. The molecule has 0 bridgehead atoms. The molecule has 0 fully saturated rings. The number of halogens is 1. The number of esters is 1. The fraction of sp³-hybridized carbons (Fsp3) is 0.917. The van der Waals surface area contributed by atoms with Crippen molar-refractivity contribution >= 4 is 5.97 Å². The Kier molecular flexibility index (Phi) is 8.34. The maximum Gasteiger partial charge on any atom is 0.311 e. The number of unbranched alkanes of at least 4 members (excludes halogenated alkanes) is 4. The summed E-state index contributed by atoms with van der Waals surface area (Å²) in [5.41, 5.74) is 0. The zero-order valence-electron chi connectivity index (χ0n) is 10.1. The Balaban J connectivity index is 3.55. The van der Waals surface area contributed by atoms with E-state index in [2.05, 4.69) is 11.7 Å². The van der Waals surface area contributed by atoms with Crippen molar-refractivity contribution in [1.29, 1.82) is 0 Å². The Labute approximate surface area is 92.2 Å². The molecule has 2 atom stereocenters. The molecule has 0 aliphatic heterocycles. The minimum atomic E-state index is -1.06. The minimum Gasteiger partial charge on any atom is -0.469 e. The van der Waals surface area contributed by atoms with E-state index in [4.69, 9.17) is 0 Å². The third kappa shape index (κ3) is 6.47. The van der Waals surface area contributed by atoms with E-state index >= 15 is 0 Å². The summed E-state index contributed by atoms with van der Waals surface area (Å²) in [6, 6.07) is 0. The molecule has 0 saturated heterocycles. The highest BCUT2D eigenvalue weighted by Gasteiger charge is 2.23. The molecular weight excluding hydrogens is 195 g/mol. The molecule has 0 aromatic carbocycles. The molecule has 2 nitrogen and oxygen atoms in total. The Bertz CT molecular complexity index is 171. The predicted octanol–water partition coefficient (Wildman–Crippen LogP) is 3.49. The van der Waals surface area contributed by atoms with Crippen LogP contribution in [0.1, 0.15) is 52.4 Å². The molecule has 2 unspecified atom stereocenters. The van der Waals surface area contributed by atoms with E-state index in [0.717, 1.165) is 19.3 Å². The van der Waals surface area contributed by atoms with E-state index in [1.165, 1.54) is 20.0 Å². The summed E-state index contributed by atoms with van der Waals surface area (Å²) < 4.78 is 17.9. The van der Waals surface area contributed by atoms with Gasteiger partial charge < -0.3 is 4.74 Å². The Hall–Kier alpha value is -0.600. The van der Waals surface area contributed by atoms with Crippen LogP contribution in [0.3, 0.4) is 0 Å². The van der Waals surface area contributed by atoms with Crippen LogP contribution in [0.5, 0.6) is 0 Å². The smallest absolute Gasteiger partial charge is 0.311 e. The lowest BCUT2D eigenvalue weighted by atomic mass is 10.00. The Morgan fingerprint density at radius 3 is 2.40 bits per heavy atom. The molecule has 0 N–H and O–H groups in total. The highest BCUT2D eigenvalue weighted by Crippen LogP contribution is 2.17. The third-order valence-corrected chi connectivity index (χ3v) is 2.70. The molecule has 3 heteroatoms. The first kappa shape index (κ1) is 14.4. The molecule has 0 amide bonds. The van der Waals surface area contributed by atoms with Gasteiger partial charge in [-0.05, 0) is 13.3 Å². The van der Waals surface area contributed by atoms with Crippen LogP contribution in [0.25, 0.3) is 0 Å². The molecule has 0 aromatic heterocycles. The maximum atomic E-state index is 13.4. The lowest BCUT2D eigenvalue weighted by Crippen LogP contribution is -2.23. The van der Waals surface area contributed by atoms with E-state index in [1.807, 2.05) is 0 Å². The number of hydrogen-bond acceptors (Lipinski definition) is 2. The zero-order chi connectivity index (χ0) is 11.7. The highest BCUT2D eigenvalue weighted by molar-refractivity contribution is 5.72. The summed E-state index contributed by atoms with van der Waals surface area (Å²) in [5.74, 6) is -1.07. The van der Waals surface area contributed by atoms with Gasteiger partial charge in [0.25, 0.3) is 0 Å². The molecule has 0 aliphatic carbocycles. The summed E-state index contributed by atoms with van der Waals surface area (Å²) in [6.07, 6.45) is 4.90. The van der Waals surface area contributed by atoms with E-state index in [9.17, 15) is 9.18 Å². The van der Waals surface area contributed by atoms with Gasteiger partial charge in [-0.3, -0.25) is 4.79 Å².